The summed E-state index contributed by atoms with van der Waals surface area (Å²) in [6.07, 6.45) is 0.481. The second kappa shape index (κ2) is 10.8. The molecule has 1 aromatic rings. The fourth-order valence-corrected chi connectivity index (χ4v) is 2.55. The Balaban J connectivity index is 2.51. The average Bonchev–Trinajstić information content (AvgIpc) is 2.54. The summed E-state index contributed by atoms with van der Waals surface area (Å²) in [5.41, 5.74) is 0.514. The fraction of sp³-hybridized carbons (Fsp3) is 0.500. The lowest BCUT2D eigenvalue weighted by Crippen LogP contribution is -2.46. The van der Waals surface area contributed by atoms with Crippen LogP contribution in [0.15, 0.2) is 24.3 Å². The van der Waals surface area contributed by atoms with E-state index >= 15 is 0 Å². The van der Waals surface area contributed by atoms with E-state index in [2.05, 4.69) is 10.6 Å². The van der Waals surface area contributed by atoms with E-state index in [0.717, 1.165) is 0 Å². The van der Waals surface area contributed by atoms with Gasteiger partial charge in [0.1, 0.15) is 6.04 Å². The zero-order chi connectivity index (χ0) is 19.7. The maximum Gasteiger partial charge on any atom is 0.328 e. The van der Waals surface area contributed by atoms with E-state index in [0.29, 0.717) is 17.1 Å². The monoisotopic (exact) mass is 383 g/mol. The van der Waals surface area contributed by atoms with Crippen LogP contribution in [-0.2, 0) is 19.1 Å². The number of carbonyl (C=O) groups excluding carboxylic acids is 3. The number of hydrogen-bond acceptors (Lipinski definition) is 5. The van der Waals surface area contributed by atoms with Gasteiger partial charge in [0, 0.05) is 0 Å². The molecule has 0 saturated heterocycles. The Morgan fingerprint density at radius 3 is 2.35 bits per heavy atom. The third-order valence-electron chi connectivity index (χ3n) is 3.50. The molecule has 0 unspecified atom stereocenters. The molecule has 144 valence electrons. The van der Waals surface area contributed by atoms with Gasteiger partial charge in [0.05, 0.1) is 30.9 Å². The highest BCUT2D eigenvalue weighted by Crippen LogP contribution is 2.20. The van der Waals surface area contributed by atoms with E-state index in [1.54, 1.807) is 36.2 Å². The number of nitrogens with one attached hydrogen (secondary N) is 2. The minimum absolute atomic E-state index is 0.00567. The third-order valence-corrected chi connectivity index (χ3v) is 3.83. The van der Waals surface area contributed by atoms with Crippen LogP contribution in [0.2, 0.25) is 5.02 Å². The number of amides is 2. The molecule has 0 radical (unpaired) electrons. The van der Waals surface area contributed by atoms with Crippen molar-refractivity contribution in [2.45, 2.75) is 26.3 Å². The van der Waals surface area contributed by atoms with E-state index in [1.807, 2.05) is 13.8 Å². The van der Waals surface area contributed by atoms with Crippen molar-refractivity contribution >= 4 is 35.1 Å². The largest absolute Gasteiger partial charge is 0.467 e. The maximum absolute atomic E-state index is 12.1. The van der Waals surface area contributed by atoms with E-state index < -0.39 is 12.0 Å². The Hall–Kier alpha value is -2.12. The van der Waals surface area contributed by atoms with Gasteiger partial charge in [-0.3, -0.25) is 14.5 Å². The standard InChI is InChI=1S/C18H26ClN3O4/c1-12(2)9-15(18(25)26-4)21-17(24)11-22(3)10-16(23)20-14-8-6-5-7-13(14)19/h5-8,12,15H,9-11H2,1-4H3,(H,20,23)(H,21,24)/t15-/m0/s1. The summed E-state index contributed by atoms with van der Waals surface area (Å²) in [6.45, 7) is 3.88. The molecule has 0 spiro atoms. The Labute approximate surface area is 159 Å². The van der Waals surface area contributed by atoms with Gasteiger partial charge >= 0.3 is 5.97 Å². The van der Waals surface area contributed by atoms with Gasteiger partial charge < -0.3 is 15.4 Å². The molecule has 0 heterocycles. The topological polar surface area (TPSA) is 87.7 Å². The minimum atomic E-state index is -0.696. The highest BCUT2D eigenvalue weighted by atomic mass is 35.5. The van der Waals surface area contributed by atoms with Crippen molar-refractivity contribution in [2.24, 2.45) is 5.92 Å². The molecule has 2 N–H and O–H groups in total. The van der Waals surface area contributed by atoms with Gasteiger partial charge in [-0.05, 0) is 31.5 Å². The van der Waals surface area contributed by atoms with Crippen molar-refractivity contribution in [2.75, 3.05) is 32.6 Å². The molecule has 0 aliphatic carbocycles. The van der Waals surface area contributed by atoms with Crippen molar-refractivity contribution in [1.29, 1.82) is 0 Å². The zero-order valence-corrected chi connectivity index (χ0v) is 16.3. The first-order valence-electron chi connectivity index (χ1n) is 8.33. The summed E-state index contributed by atoms with van der Waals surface area (Å²) in [7, 11) is 2.92. The van der Waals surface area contributed by atoms with Crippen molar-refractivity contribution in [3.05, 3.63) is 29.3 Å². The molecule has 1 atom stereocenters. The summed E-state index contributed by atoms with van der Waals surface area (Å²) >= 11 is 6.00. The number of esters is 1. The first-order chi connectivity index (χ1) is 12.2. The summed E-state index contributed by atoms with van der Waals surface area (Å²) in [4.78, 5) is 37.5. The van der Waals surface area contributed by atoms with Crippen LogP contribution in [0.25, 0.3) is 0 Å². The molecule has 26 heavy (non-hydrogen) atoms. The van der Waals surface area contributed by atoms with Crippen LogP contribution >= 0.6 is 11.6 Å². The molecule has 0 aliphatic heterocycles. The van der Waals surface area contributed by atoms with Gasteiger partial charge in [-0.1, -0.05) is 37.6 Å². The predicted octanol–water partition coefficient (Wildman–Crippen LogP) is 1.91. The first-order valence-corrected chi connectivity index (χ1v) is 8.70. The Morgan fingerprint density at radius 1 is 1.15 bits per heavy atom. The molecule has 0 aliphatic rings. The third kappa shape index (κ3) is 7.84. The van der Waals surface area contributed by atoms with E-state index in [-0.39, 0.29) is 30.8 Å². The van der Waals surface area contributed by atoms with Crippen LogP contribution < -0.4 is 10.6 Å². The summed E-state index contributed by atoms with van der Waals surface area (Å²) < 4.78 is 4.72. The maximum atomic E-state index is 12.1. The molecule has 0 saturated carbocycles. The van der Waals surface area contributed by atoms with E-state index in [9.17, 15) is 14.4 Å². The fourth-order valence-electron chi connectivity index (χ4n) is 2.37. The van der Waals surface area contributed by atoms with Crippen LogP contribution in [0.5, 0.6) is 0 Å². The number of rotatable bonds is 9. The normalized spacial score (nSPS) is 12.0. The van der Waals surface area contributed by atoms with Gasteiger partial charge in [-0.2, -0.15) is 0 Å². The number of hydrogen-bond donors (Lipinski definition) is 2. The van der Waals surface area contributed by atoms with Crippen molar-refractivity contribution in [3.8, 4) is 0 Å². The second-order valence-corrected chi connectivity index (χ2v) is 6.88. The summed E-state index contributed by atoms with van der Waals surface area (Å²) in [5.74, 6) is -0.904. The lowest BCUT2D eigenvalue weighted by atomic mass is 10.0. The molecule has 2 amide bonds. The zero-order valence-electron chi connectivity index (χ0n) is 15.5. The highest BCUT2D eigenvalue weighted by Gasteiger charge is 2.23. The smallest absolute Gasteiger partial charge is 0.328 e. The summed E-state index contributed by atoms with van der Waals surface area (Å²) in [5, 5.41) is 5.78. The van der Waals surface area contributed by atoms with Crippen molar-refractivity contribution in [1.82, 2.24) is 10.2 Å². The number of halogens is 1. The molecule has 0 fully saturated rings. The molecule has 7 nitrogen and oxygen atoms in total. The number of ether oxygens (including phenoxy) is 1. The molecular formula is C18H26ClN3O4. The Morgan fingerprint density at radius 2 is 1.77 bits per heavy atom. The van der Waals surface area contributed by atoms with Crippen LogP contribution in [-0.4, -0.2) is 56.0 Å². The quantitative estimate of drug-likeness (QED) is 0.636. The molecule has 1 aromatic carbocycles. The van der Waals surface area contributed by atoms with Crippen LogP contribution in [0.3, 0.4) is 0 Å². The lowest BCUT2D eigenvalue weighted by molar-refractivity contribution is -0.145. The first kappa shape index (κ1) is 21.9. The number of anilines is 1. The SMILES string of the molecule is COC(=O)[C@H](CC(C)C)NC(=O)CN(C)CC(=O)Nc1ccccc1Cl. The van der Waals surface area contributed by atoms with Crippen LogP contribution in [0, 0.1) is 5.92 Å². The van der Waals surface area contributed by atoms with Gasteiger partial charge in [-0.15, -0.1) is 0 Å². The average molecular weight is 384 g/mol. The molecular weight excluding hydrogens is 358 g/mol. The molecule has 0 aromatic heterocycles. The lowest BCUT2D eigenvalue weighted by Gasteiger charge is -2.21. The Kier molecular flexibility index (Phi) is 9.09. The number of carbonyl (C=O) groups is 3. The van der Waals surface area contributed by atoms with E-state index in [1.165, 1.54) is 7.11 Å². The van der Waals surface area contributed by atoms with Gasteiger partial charge in [0.15, 0.2) is 0 Å². The highest BCUT2D eigenvalue weighted by molar-refractivity contribution is 6.33. The van der Waals surface area contributed by atoms with Gasteiger partial charge in [0.25, 0.3) is 0 Å². The predicted molar refractivity (Wildman–Crippen MR) is 101 cm³/mol. The summed E-state index contributed by atoms with van der Waals surface area (Å²) in [6, 6.07) is 6.21. The molecule has 0 bridgehead atoms. The van der Waals surface area contributed by atoms with Crippen molar-refractivity contribution in [3.63, 3.8) is 0 Å². The number of methoxy groups -OCH3 is 1. The van der Waals surface area contributed by atoms with Gasteiger partial charge in [0.2, 0.25) is 11.8 Å². The number of benzene rings is 1. The van der Waals surface area contributed by atoms with Crippen molar-refractivity contribution < 1.29 is 19.1 Å². The van der Waals surface area contributed by atoms with Crippen LogP contribution in [0.1, 0.15) is 20.3 Å². The number of nitrogens with zero attached hydrogens (tertiary/aromatic N) is 1. The number of para-hydroxylation sites is 1. The number of likely N-dealkylation sites (N-methyl/N-ethyl adjacent to an activating group) is 1. The van der Waals surface area contributed by atoms with Gasteiger partial charge in [-0.25, -0.2) is 4.79 Å². The molecule has 1 rings (SSSR count). The van der Waals surface area contributed by atoms with Crippen LogP contribution in [0.4, 0.5) is 5.69 Å². The van der Waals surface area contributed by atoms with E-state index in [4.69, 9.17) is 16.3 Å². The second-order valence-electron chi connectivity index (χ2n) is 6.47. The Bertz CT molecular complexity index is 637. The molecule has 8 heteroatoms. The minimum Gasteiger partial charge on any atom is -0.467 e.